The highest BCUT2D eigenvalue weighted by atomic mass is 16.5. The van der Waals surface area contributed by atoms with Crippen LogP contribution in [-0.4, -0.2) is 85.0 Å². The quantitative estimate of drug-likeness (QED) is 0.580. The summed E-state index contributed by atoms with van der Waals surface area (Å²) >= 11 is 0. The van der Waals surface area contributed by atoms with Crippen LogP contribution in [-0.2, 0) is 25.5 Å². The Bertz CT molecular complexity index is 714. The van der Waals surface area contributed by atoms with E-state index < -0.39 is 12.5 Å². The second-order valence-corrected chi connectivity index (χ2v) is 6.25. The van der Waals surface area contributed by atoms with Crippen LogP contribution in [0, 0.1) is 6.92 Å². The number of carbonyl (C=O) groups excluding carboxylic acids is 1. The van der Waals surface area contributed by atoms with Crippen molar-refractivity contribution >= 4 is 17.8 Å². The van der Waals surface area contributed by atoms with Crippen molar-refractivity contribution in [3.63, 3.8) is 0 Å². The average molecular weight is 382 g/mol. The minimum Gasteiger partial charge on any atom is -0.480 e. The van der Waals surface area contributed by atoms with E-state index in [-0.39, 0.29) is 37.5 Å². The summed E-state index contributed by atoms with van der Waals surface area (Å²) in [4.78, 5) is 46.1. The fourth-order valence-corrected chi connectivity index (χ4v) is 2.86. The molecular weight excluding hydrogens is 356 g/mol. The first-order valence-electron chi connectivity index (χ1n) is 8.83. The van der Waals surface area contributed by atoms with Crippen molar-refractivity contribution < 1.29 is 24.2 Å². The maximum absolute atomic E-state index is 12.4. The van der Waals surface area contributed by atoms with Crippen molar-refractivity contribution in [2.24, 2.45) is 0 Å². The summed E-state index contributed by atoms with van der Waals surface area (Å²) in [6.45, 7) is 4.25. The standard InChI is InChI=1S/C17H26N4O6/c1-12-13(3-4-14(22)21(5-8-26-2)11-15(23)24)16(25)19-17(18-12)20-6-9-27-10-7-20/h3-11H2,1-2H3,(H,23,24)(H,18,19,25). The van der Waals surface area contributed by atoms with Crippen molar-refractivity contribution in [1.29, 1.82) is 0 Å². The number of methoxy groups -OCH3 is 1. The molecule has 150 valence electrons. The number of H-pyrrole nitrogens is 1. The molecule has 0 aromatic carbocycles. The SMILES string of the molecule is COCCN(CC(=O)O)C(=O)CCc1c(C)nc(N2CCOCC2)[nH]c1=O. The van der Waals surface area contributed by atoms with Gasteiger partial charge in [0.2, 0.25) is 11.9 Å². The van der Waals surface area contributed by atoms with Crippen LogP contribution in [0.1, 0.15) is 17.7 Å². The fraction of sp³-hybridized carbons (Fsp3) is 0.647. The van der Waals surface area contributed by atoms with E-state index in [0.29, 0.717) is 43.5 Å². The first-order chi connectivity index (χ1) is 12.9. The molecule has 1 aromatic rings. The number of carboxylic acid groups (broad SMARTS) is 1. The predicted molar refractivity (Wildman–Crippen MR) is 97.0 cm³/mol. The van der Waals surface area contributed by atoms with E-state index in [4.69, 9.17) is 14.6 Å². The van der Waals surface area contributed by atoms with Gasteiger partial charge in [0.25, 0.3) is 5.56 Å². The highest BCUT2D eigenvalue weighted by molar-refractivity contribution is 5.81. The number of rotatable bonds is 9. The maximum Gasteiger partial charge on any atom is 0.323 e. The van der Waals surface area contributed by atoms with Gasteiger partial charge in [-0.05, 0) is 13.3 Å². The van der Waals surface area contributed by atoms with Crippen LogP contribution >= 0.6 is 0 Å². The van der Waals surface area contributed by atoms with Gasteiger partial charge in [0.1, 0.15) is 6.54 Å². The highest BCUT2D eigenvalue weighted by Crippen LogP contribution is 2.11. The Morgan fingerprint density at radius 3 is 2.67 bits per heavy atom. The number of nitrogens with zero attached hydrogens (tertiary/aromatic N) is 3. The highest BCUT2D eigenvalue weighted by Gasteiger charge is 2.19. The minimum atomic E-state index is -1.09. The van der Waals surface area contributed by atoms with Gasteiger partial charge in [-0.25, -0.2) is 4.98 Å². The van der Waals surface area contributed by atoms with Gasteiger partial charge in [0.05, 0.1) is 19.8 Å². The van der Waals surface area contributed by atoms with Gasteiger partial charge in [-0.15, -0.1) is 0 Å². The average Bonchev–Trinajstić information content (AvgIpc) is 2.64. The van der Waals surface area contributed by atoms with Gasteiger partial charge < -0.3 is 24.4 Å². The Labute approximate surface area is 157 Å². The van der Waals surface area contributed by atoms with Crippen molar-refractivity contribution in [1.82, 2.24) is 14.9 Å². The lowest BCUT2D eigenvalue weighted by Gasteiger charge is -2.27. The molecule has 1 aliphatic heterocycles. The number of aliphatic carboxylic acids is 1. The van der Waals surface area contributed by atoms with Crippen LogP contribution in [0.15, 0.2) is 4.79 Å². The largest absolute Gasteiger partial charge is 0.480 e. The van der Waals surface area contributed by atoms with Crippen LogP contribution in [0.25, 0.3) is 0 Å². The lowest BCUT2D eigenvalue weighted by Crippen LogP contribution is -2.39. The number of anilines is 1. The van der Waals surface area contributed by atoms with Crippen LogP contribution in [0.3, 0.4) is 0 Å². The number of carbonyl (C=O) groups is 2. The third-order valence-electron chi connectivity index (χ3n) is 4.35. The summed E-state index contributed by atoms with van der Waals surface area (Å²) in [6.07, 6.45) is 0.221. The molecule has 2 heterocycles. The molecule has 1 saturated heterocycles. The molecule has 1 aliphatic rings. The molecule has 1 amide bonds. The molecular formula is C17H26N4O6. The van der Waals surface area contributed by atoms with Crippen LogP contribution < -0.4 is 10.5 Å². The summed E-state index contributed by atoms with van der Waals surface area (Å²) < 4.78 is 10.2. The summed E-state index contributed by atoms with van der Waals surface area (Å²) in [7, 11) is 1.48. The number of carboxylic acids is 1. The molecule has 27 heavy (non-hydrogen) atoms. The molecule has 0 saturated carbocycles. The fourth-order valence-electron chi connectivity index (χ4n) is 2.86. The van der Waals surface area contributed by atoms with Gasteiger partial charge in [-0.2, -0.15) is 0 Å². The Kier molecular flexibility index (Phi) is 7.74. The summed E-state index contributed by atoms with van der Waals surface area (Å²) in [6, 6.07) is 0. The zero-order valence-electron chi connectivity index (χ0n) is 15.7. The van der Waals surface area contributed by atoms with Gasteiger partial charge in [0.15, 0.2) is 0 Å². The number of amides is 1. The Morgan fingerprint density at radius 2 is 2.07 bits per heavy atom. The second kappa shape index (κ2) is 10.0. The topological polar surface area (TPSA) is 125 Å². The minimum absolute atomic E-state index is 0.0273. The molecule has 10 nitrogen and oxygen atoms in total. The van der Waals surface area contributed by atoms with E-state index in [2.05, 4.69) is 9.97 Å². The van der Waals surface area contributed by atoms with Gasteiger partial charge >= 0.3 is 5.97 Å². The number of hydrogen-bond acceptors (Lipinski definition) is 7. The first kappa shape index (κ1) is 20.8. The molecule has 2 rings (SSSR count). The normalized spacial score (nSPS) is 14.2. The number of nitrogens with one attached hydrogen (secondary N) is 1. The maximum atomic E-state index is 12.4. The number of morpholine rings is 1. The molecule has 1 aromatic heterocycles. The first-order valence-corrected chi connectivity index (χ1v) is 8.83. The third kappa shape index (κ3) is 6.04. The van der Waals surface area contributed by atoms with Crippen molar-refractivity contribution in [2.75, 3.05) is 58.0 Å². The molecule has 0 aliphatic carbocycles. The molecule has 2 N–H and O–H groups in total. The predicted octanol–water partition coefficient (Wildman–Crippen LogP) is -0.593. The Hall–Kier alpha value is -2.46. The zero-order valence-corrected chi connectivity index (χ0v) is 15.7. The number of ether oxygens (including phenoxy) is 2. The van der Waals surface area contributed by atoms with E-state index in [1.165, 1.54) is 12.0 Å². The Morgan fingerprint density at radius 1 is 1.37 bits per heavy atom. The van der Waals surface area contributed by atoms with Crippen molar-refractivity contribution in [2.45, 2.75) is 19.8 Å². The van der Waals surface area contributed by atoms with E-state index in [1.54, 1.807) is 6.92 Å². The molecule has 0 radical (unpaired) electrons. The van der Waals surface area contributed by atoms with E-state index >= 15 is 0 Å². The van der Waals surface area contributed by atoms with Gasteiger partial charge in [0, 0.05) is 44.4 Å². The van der Waals surface area contributed by atoms with Crippen LogP contribution in [0.5, 0.6) is 0 Å². The number of aromatic amines is 1. The zero-order chi connectivity index (χ0) is 19.8. The van der Waals surface area contributed by atoms with Crippen molar-refractivity contribution in [3.05, 3.63) is 21.6 Å². The number of hydrogen-bond donors (Lipinski definition) is 2. The Balaban J connectivity index is 2.04. The molecule has 0 bridgehead atoms. The number of aryl methyl sites for hydroxylation is 1. The summed E-state index contributed by atoms with van der Waals surface area (Å²) in [5.41, 5.74) is 0.718. The third-order valence-corrected chi connectivity index (χ3v) is 4.35. The summed E-state index contributed by atoms with van der Waals surface area (Å²) in [5, 5.41) is 8.95. The lowest BCUT2D eigenvalue weighted by atomic mass is 10.1. The van der Waals surface area contributed by atoms with Crippen LogP contribution in [0.2, 0.25) is 0 Å². The molecule has 0 spiro atoms. The lowest BCUT2D eigenvalue weighted by molar-refractivity contribution is -0.144. The molecule has 1 fully saturated rings. The van der Waals surface area contributed by atoms with Crippen LogP contribution in [0.4, 0.5) is 5.95 Å². The van der Waals surface area contributed by atoms with Crippen molar-refractivity contribution in [3.8, 4) is 0 Å². The molecule has 0 atom stereocenters. The van der Waals surface area contributed by atoms with Gasteiger partial charge in [-0.3, -0.25) is 19.4 Å². The van der Waals surface area contributed by atoms with E-state index in [9.17, 15) is 14.4 Å². The number of aromatic nitrogens is 2. The molecule has 0 unspecified atom stereocenters. The summed E-state index contributed by atoms with van der Waals surface area (Å²) in [5.74, 6) is -0.931. The van der Waals surface area contributed by atoms with Gasteiger partial charge in [-0.1, -0.05) is 0 Å². The smallest absolute Gasteiger partial charge is 0.323 e. The molecule has 10 heteroatoms. The van der Waals surface area contributed by atoms with E-state index in [1.807, 2.05) is 4.90 Å². The second-order valence-electron chi connectivity index (χ2n) is 6.25. The van der Waals surface area contributed by atoms with E-state index in [0.717, 1.165) is 0 Å². The monoisotopic (exact) mass is 382 g/mol.